The Balaban J connectivity index is 1.96. The van der Waals surface area contributed by atoms with E-state index < -0.39 is 24.5 Å². The van der Waals surface area contributed by atoms with Gasteiger partial charge in [-0.15, -0.1) is 11.8 Å². The van der Waals surface area contributed by atoms with Gasteiger partial charge in [0.1, 0.15) is 0 Å². The number of carbonyl (C=O) groups is 3. The van der Waals surface area contributed by atoms with E-state index in [0.717, 1.165) is 10.6 Å². The maximum absolute atomic E-state index is 12.1. The molecule has 0 aliphatic carbocycles. The number of anilines is 1. The summed E-state index contributed by atoms with van der Waals surface area (Å²) >= 11 is 1.47. The first kappa shape index (κ1) is 17.3. The topological polar surface area (TPSA) is 95.9 Å². The molecule has 7 nitrogen and oxygen atoms in total. The van der Waals surface area contributed by atoms with E-state index in [1.165, 1.54) is 18.9 Å². The SMILES string of the molecule is COC(=O)[C@@H](CO)NC(=O)CCN1C(=O)CSc2ccccc21. The van der Waals surface area contributed by atoms with Crippen LogP contribution in [0.5, 0.6) is 0 Å². The molecule has 1 aliphatic heterocycles. The van der Waals surface area contributed by atoms with Gasteiger partial charge in [0.25, 0.3) is 0 Å². The lowest BCUT2D eigenvalue weighted by molar-refractivity contribution is -0.146. The van der Waals surface area contributed by atoms with Crippen molar-refractivity contribution in [1.29, 1.82) is 0 Å². The number of aliphatic hydroxyl groups is 1. The summed E-state index contributed by atoms with van der Waals surface area (Å²) in [5.41, 5.74) is 0.785. The van der Waals surface area contributed by atoms with Crippen molar-refractivity contribution in [2.24, 2.45) is 0 Å². The van der Waals surface area contributed by atoms with Gasteiger partial charge in [-0.25, -0.2) is 4.79 Å². The molecule has 2 N–H and O–H groups in total. The van der Waals surface area contributed by atoms with Crippen LogP contribution >= 0.6 is 11.8 Å². The second kappa shape index (κ2) is 7.98. The molecule has 0 bridgehead atoms. The number of carbonyl (C=O) groups excluding carboxylic acids is 3. The van der Waals surface area contributed by atoms with Gasteiger partial charge >= 0.3 is 5.97 Å². The summed E-state index contributed by atoms with van der Waals surface area (Å²) in [6.45, 7) is -0.331. The second-order valence-corrected chi connectivity index (χ2v) is 5.89. The van der Waals surface area contributed by atoms with Crippen molar-refractivity contribution in [3.63, 3.8) is 0 Å². The van der Waals surface area contributed by atoms with Crippen LogP contribution in [0.2, 0.25) is 0 Å². The van der Waals surface area contributed by atoms with Crippen molar-refractivity contribution in [2.75, 3.05) is 30.9 Å². The Morgan fingerprint density at radius 3 is 2.87 bits per heavy atom. The molecule has 0 spiro atoms. The van der Waals surface area contributed by atoms with Crippen LogP contribution in [0.25, 0.3) is 0 Å². The van der Waals surface area contributed by atoms with Gasteiger partial charge in [0.15, 0.2) is 6.04 Å². The Bertz CT molecular complexity index is 607. The van der Waals surface area contributed by atoms with E-state index in [0.29, 0.717) is 5.75 Å². The first-order valence-electron chi connectivity index (χ1n) is 7.07. The average molecular weight is 338 g/mol. The van der Waals surface area contributed by atoms with Gasteiger partial charge in [0.2, 0.25) is 11.8 Å². The quantitative estimate of drug-likeness (QED) is 0.718. The maximum Gasteiger partial charge on any atom is 0.330 e. The number of nitrogens with one attached hydrogen (secondary N) is 1. The molecule has 8 heteroatoms. The maximum atomic E-state index is 12.1. The van der Waals surface area contributed by atoms with Gasteiger partial charge in [0, 0.05) is 17.9 Å². The molecule has 1 aromatic carbocycles. The van der Waals surface area contributed by atoms with Gasteiger partial charge in [0.05, 0.1) is 25.2 Å². The molecule has 124 valence electrons. The molecule has 23 heavy (non-hydrogen) atoms. The highest BCUT2D eigenvalue weighted by atomic mass is 32.2. The minimum absolute atomic E-state index is 0.0260. The van der Waals surface area contributed by atoms with E-state index in [1.807, 2.05) is 24.3 Å². The van der Waals surface area contributed by atoms with Crippen molar-refractivity contribution in [1.82, 2.24) is 5.32 Å². The summed E-state index contributed by atoms with van der Waals surface area (Å²) in [7, 11) is 1.18. The molecular formula is C15H18N2O5S. The summed E-state index contributed by atoms with van der Waals surface area (Å²) in [5, 5.41) is 11.5. The Labute approximate surface area is 138 Å². The van der Waals surface area contributed by atoms with E-state index in [1.54, 1.807) is 4.90 Å². The number of para-hydroxylation sites is 1. The smallest absolute Gasteiger partial charge is 0.330 e. The number of hydrogen-bond donors (Lipinski definition) is 2. The van der Waals surface area contributed by atoms with Crippen molar-refractivity contribution in [3.05, 3.63) is 24.3 Å². The number of amides is 2. The predicted molar refractivity (Wildman–Crippen MR) is 85.2 cm³/mol. The lowest BCUT2D eigenvalue weighted by atomic mass is 10.2. The van der Waals surface area contributed by atoms with Gasteiger partial charge in [-0.1, -0.05) is 12.1 Å². The number of methoxy groups -OCH3 is 1. The molecule has 2 amide bonds. The number of aliphatic hydroxyl groups excluding tert-OH is 1. The Kier molecular flexibility index (Phi) is 6.00. The number of benzene rings is 1. The molecule has 0 aromatic heterocycles. The fourth-order valence-corrected chi connectivity index (χ4v) is 3.14. The Hall–Kier alpha value is -2.06. The second-order valence-electron chi connectivity index (χ2n) is 4.88. The van der Waals surface area contributed by atoms with Gasteiger partial charge in [-0.05, 0) is 12.1 Å². The highest BCUT2D eigenvalue weighted by Crippen LogP contribution is 2.34. The lowest BCUT2D eigenvalue weighted by Crippen LogP contribution is -2.45. The van der Waals surface area contributed by atoms with Crippen molar-refractivity contribution in [3.8, 4) is 0 Å². The number of thioether (sulfide) groups is 1. The molecule has 0 unspecified atom stereocenters. The summed E-state index contributed by atoms with van der Waals surface area (Å²) < 4.78 is 4.48. The first-order chi connectivity index (χ1) is 11.1. The van der Waals surface area contributed by atoms with Crippen LogP contribution in [0.3, 0.4) is 0 Å². The van der Waals surface area contributed by atoms with Crippen LogP contribution in [-0.2, 0) is 19.1 Å². The molecule has 1 aliphatic rings. The molecule has 1 atom stereocenters. The zero-order chi connectivity index (χ0) is 16.8. The molecule has 0 fully saturated rings. The van der Waals surface area contributed by atoms with Crippen molar-refractivity contribution < 1.29 is 24.2 Å². The van der Waals surface area contributed by atoms with E-state index in [4.69, 9.17) is 5.11 Å². The minimum Gasteiger partial charge on any atom is -0.467 e. The number of hydrogen-bond acceptors (Lipinski definition) is 6. The predicted octanol–water partition coefficient (Wildman–Crippen LogP) is 0.166. The zero-order valence-corrected chi connectivity index (χ0v) is 13.5. The van der Waals surface area contributed by atoms with E-state index >= 15 is 0 Å². The van der Waals surface area contributed by atoms with Gasteiger partial charge in [-0.3, -0.25) is 9.59 Å². The highest BCUT2D eigenvalue weighted by Gasteiger charge is 2.26. The number of nitrogens with zero attached hydrogens (tertiary/aromatic N) is 1. The van der Waals surface area contributed by atoms with E-state index in [9.17, 15) is 14.4 Å². The summed E-state index contributed by atoms with van der Waals surface area (Å²) in [6.07, 6.45) is 0.0260. The zero-order valence-electron chi connectivity index (χ0n) is 12.7. The third-order valence-electron chi connectivity index (χ3n) is 3.37. The van der Waals surface area contributed by atoms with Gasteiger partial charge in [-0.2, -0.15) is 0 Å². The Morgan fingerprint density at radius 2 is 2.17 bits per heavy atom. The monoisotopic (exact) mass is 338 g/mol. The molecule has 1 aromatic rings. The lowest BCUT2D eigenvalue weighted by Gasteiger charge is -2.28. The van der Waals surface area contributed by atoms with Crippen LogP contribution < -0.4 is 10.2 Å². The standard InChI is InChI=1S/C15H18N2O5S/c1-22-15(21)10(8-18)16-13(19)6-7-17-11-4-2-3-5-12(11)23-9-14(17)20/h2-5,10,18H,6-9H2,1H3,(H,16,19)/t10-/m1/s1. The molecule has 0 radical (unpaired) electrons. The number of esters is 1. The number of fused-ring (bicyclic) bond motifs is 1. The molecule has 1 heterocycles. The normalized spacial score (nSPS) is 14.9. The highest BCUT2D eigenvalue weighted by molar-refractivity contribution is 8.00. The summed E-state index contributed by atoms with van der Waals surface area (Å²) in [5.74, 6) is -0.872. The Morgan fingerprint density at radius 1 is 1.43 bits per heavy atom. The van der Waals surface area contributed by atoms with Crippen LogP contribution in [0, 0.1) is 0 Å². The molecule has 0 saturated carbocycles. The molecular weight excluding hydrogens is 320 g/mol. The fourth-order valence-electron chi connectivity index (χ4n) is 2.20. The summed E-state index contributed by atoms with van der Waals surface area (Å²) in [4.78, 5) is 37.9. The van der Waals surface area contributed by atoms with Crippen LogP contribution in [-0.4, -0.2) is 54.9 Å². The van der Waals surface area contributed by atoms with Gasteiger partial charge < -0.3 is 20.1 Å². The largest absolute Gasteiger partial charge is 0.467 e. The number of ether oxygens (including phenoxy) is 1. The fraction of sp³-hybridized carbons (Fsp3) is 0.400. The molecule has 0 saturated heterocycles. The summed E-state index contributed by atoms with van der Waals surface area (Å²) in [6, 6.07) is 6.41. The third-order valence-corrected chi connectivity index (χ3v) is 4.42. The van der Waals surface area contributed by atoms with E-state index in [-0.39, 0.29) is 18.9 Å². The van der Waals surface area contributed by atoms with Crippen molar-refractivity contribution in [2.45, 2.75) is 17.4 Å². The third kappa shape index (κ3) is 4.23. The minimum atomic E-state index is -1.09. The number of rotatable bonds is 6. The van der Waals surface area contributed by atoms with Crippen LogP contribution in [0.4, 0.5) is 5.69 Å². The van der Waals surface area contributed by atoms with E-state index in [2.05, 4.69) is 10.1 Å². The van der Waals surface area contributed by atoms with Crippen LogP contribution in [0.15, 0.2) is 29.2 Å². The average Bonchev–Trinajstić information content (AvgIpc) is 2.58. The van der Waals surface area contributed by atoms with Crippen LogP contribution in [0.1, 0.15) is 6.42 Å². The molecule has 2 rings (SSSR count). The first-order valence-corrected chi connectivity index (χ1v) is 8.05. The van der Waals surface area contributed by atoms with Crippen molar-refractivity contribution >= 4 is 35.2 Å².